The second kappa shape index (κ2) is 11.4. The maximum atomic E-state index is 12.9. The molecule has 0 fully saturated rings. The molecule has 0 aliphatic carbocycles. The van der Waals surface area contributed by atoms with Gasteiger partial charge in [-0.25, -0.2) is 14.6 Å². The number of hydrogen-bond donors (Lipinski definition) is 2. The number of nitrogens with one attached hydrogen (secondary N) is 1. The van der Waals surface area contributed by atoms with E-state index in [1.807, 2.05) is 6.07 Å². The van der Waals surface area contributed by atoms with Crippen molar-refractivity contribution < 1.29 is 28.6 Å². The van der Waals surface area contributed by atoms with E-state index in [1.165, 1.54) is 37.6 Å². The molecule has 2 N–H and O–H groups in total. The van der Waals surface area contributed by atoms with Crippen LogP contribution in [0.25, 0.3) is 0 Å². The molecule has 0 bridgehead atoms. The predicted octanol–water partition coefficient (Wildman–Crippen LogP) is 4.41. The van der Waals surface area contributed by atoms with Gasteiger partial charge in [0.25, 0.3) is 0 Å². The minimum absolute atomic E-state index is 0.0820. The van der Waals surface area contributed by atoms with Crippen LogP contribution in [-0.2, 0) is 17.8 Å². The fourth-order valence-corrected chi connectivity index (χ4v) is 3.64. The second-order valence-electron chi connectivity index (χ2n) is 6.92. The van der Waals surface area contributed by atoms with E-state index in [9.17, 15) is 14.0 Å². The van der Waals surface area contributed by atoms with E-state index in [0.29, 0.717) is 22.6 Å². The average Bonchev–Trinajstić information content (AvgIpc) is 2.80. The van der Waals surface area contributed by atoms with Gasteiger partial charge in [-0.15, -0.1) is 0 Å². The maximum Gasteiger partial charge on any atom is 0.335 e. The van der Waals surface area contributed by atoms with Crippen LogP contribution in [0.3, 0.4) is 0 Å². The van der Waals surface area contributed by atoms with Crippen LogP contribution in [0.1, 0.15) is 27.0 Å². The van der Waals surface area contributed by atoms with Gasteiger partial charge in [0.2, 0.25) is 5.91 Å². The number of rotatable bonds is 9. The molecular weight excluding hydrogens is 542 g/mol. The number of methoxy groups -OCH3 is 1. The SMILES string of the molecule is COc1cc(/C=N/NC(=O)Cc2ccc(F)cc2)cc(I)c1OCc1ccc(C(=O)O)cc1. The van der Waals surface area contributed by atoms with Crippen molar-refractivity contribution in [2.24, 2.45) is 5.10 Å². The molecule has 0 aromatic heterocycles. The Balaban J connectivity index is 1.62. The molecular formula is C24H20FIN2O5. The van der Waals surface area contributed by atoms with E-state index in [4.69, 9.17) is 14.6 Å². The third-order valence-corrected chi connectivity index (χ3v) is 5.32. The van der Waals surface area contributed by atoms with E-state index in [-0.39, 0.29) is 30.3 Å². The molecule has 0 aliphatic heterocycles. The van der Waals surface area contributed by atoms with Crippen molar-refractivity contribution in [2.75, 3.05) is 7.11 Å². The second-order valence-corrected chi connectivity index (χ2v) is 8.08. The lowest BCUT2D eigenvalue weighted by Crippen LogP contribution is -2.19. The van der Waals surface area contributed by atoms with Crippen molar-refractivity contribution in [3.63, 3.8) is 0 Å². The fraction of sp³-hybridized carbons (Fsp3) is 0.125. The van der Waals surface area contributed by atoms with Crippen LogP contribution in [0, 0.1) is 9.39 Å². The molecule has 33 heavy (non-hydrogen) atoms. The number of aromatic carboxylic acids is 1. The Hall–Kier alpha value is -3.47. The standard InChI is InChI=1S/C24H20FIN2O5/c1-32-21-11-17(13-27-28-22(29)12-15-4-8-19(25)9-5-15)10-20(26)23(21)33-14-16-2-6-18(7-3-16)24(30)31/h2-11,13H,12,14H2,1H3,(H,28,29)(H,30,31)/b27-13+. The van der Waals surface area contributed by atoms with Crippen molar-refractivity contribution in [3.8, 4) is 11.5 Å². The summed E-state index contributed by atoms with van der Waals surface area (Å²) in [5.74, 6) is -0.638. The van der Waals surface area contributed by atoms with E-state index < -0.39 is 5.97 Å². The Morgan fingerprint density at radius 2 is 1.76 bits per heavy atom. The Morgan fingerprint density at radius 3 is 2.39 bits per heavy atom. The minimum atomic E-state index is -0.984. The first-order valence-corrected chi connectivity index (χ1v) is 10.8. The number of carboxylic acid groups (broad SMARTS) is 1. The highest BCUT2D eigenvalue weighted by Gasteiger charge is 2.12. The molecule has 0 unspecified atom stereocenters. The topological polar surface area (TPSA) is 97.2 Å². The summed E-state index contributed by atoms with van der Waals surface area (Å²) in [6.07, 6.45) is 1.57. The molecule has 0 saturated carbocycles. The third kappa shape index (κ3) is 7.01. The van der Waals surface area contributed by atoms with Gasteiger partial charge < -0.3 is 14.6 Å². The lowest BCUT2D eigenvalue weighted by molar-refractivity contribution is -0.120. The van der Waals surface area contributed by atoms with Gasteiger partial charge in [-0.05, 0) is 75.7 Å². The number of hydrogen-bond acceptors (Lipinski definition) is 5. The number of halogens is 2. The summed E-state index contributed by atoms with van der Waals surface area (Å²) in [5.41, 5.74) is 4.84. The van der Waals surface area contributed by atoms with Gasteiger partial charge in [0.1, 0.15) is 12.4 Å². The Labute approximate surface area is 203 Å². The average molecular weight is 562 g/mol. The smallest absolute Gasteiger partial charge is 0.335 e. The van der Waals surface area contributed by atoms with Crippen LogP contribution in [0.15, 0.2) is 65.8 Å². The molecule has 9 heteroatoms. The molecule has 7 nitrogen and oxygen atoms in total. The molecule has 3 rings (SSSR count). The van der Waals surface area contributed by atoms with Crippen LogP contribution in [0.5, 0.6) is 11.5 Å². The Kier molecular flexibility index (Phi) is 8.36. The Bertz CT molecular complexity index is 1160. The summed E-state index contributed by atoms with van der Waals surface area (Å²) in [6.45, 7) is 0.235. The van der Waals surface area contributed by atoms with Gasteiger partial charge in [0, 0.05) is 0 Å². The zero-order chi connectivity index (χ0) is 23.8. The van der Waals surface area contributed by atoms with Crippen molar-refractivity contribution in [3.05, 3.63) is 92.3 Å². The monoisotopic (exact) mass is 562 g/mol. The number of carbonyl (C=O) groups excluding carboxylic acids is 1. The molecule has 0 spiro atoms. The highest BCUT2D eigenvalue weighted by atomic mass is 127. The van der Waals surface area contributed by atoms with Gasteiger partial charge in [-0.1, -0.05) is 24.3 Å². The molecule has 0 atom stereocenters. The van der Waals surface area contributed by atoms with Gasteiger partial charge in [0.05, 0.1) is 28.9 Å². The highest BCUT2D eigenvalue weighted by Crippen LogP contribution is 2.34. The predicted molar refractivity (Wildman–Crippen MR) is 129 cm³/mol. The number of amides is 1. The molecule has 170 valence electrons. The molecule has 3 aromatic carbocycles. The maximum absolute atomic E-state index is 12.9. The number of ether oxygens (including phenoxy) is 2. The molecule has 0 radical (unpaired) electrons. The molecule has 0 aliphatic rings. The molecule has 0 heterocycles. The number of carboxylic acids is 1. The lowest BCUT2D eigenvalue weighted by atomic mass is 10.1. The zero-order valence-electron chi connectivity index (χ0n) is 17.5. The molecule has 0 saturated heterocycles. The van der Waals surface area contributed by atoms with E-state index in [0.717, 1.165) is 9.13 Å². The fourth-order valence-electron chi connectivity index (χ4n) is 2.86. The van der Waals surface area contributed by atoms with Crippen LogP contribution in [0.2, 0.25) is 0 Å². The summed E-state index contributed by atoms with van der Waals surface area (Å²) < 4.78 is 25.1. The van der Waals surface area contributed by atoms with Crippen LogP contribution >= 0.6 is 22.6 Å². The lowest BCUT2D eigenvalue weighted by Gasteiger charge is -2.13. The van der Waals surface area contributed by atoms with Gasteiger partial charge >= 0.3 is 5.97 Å². The number of nitrogens with zero attached hydrogens (tertiary/aromatic N) is 1. The third-order valence-electron chi connectivity index (χ3n) is 4.52. The van der Waals surface area contributed by atoms with Crippen molar-refractivity contribution in [1.29, 1.82) is 0 Å². The minimum Gasteiger partial charge on any atom is -0.493 e. The number of carbonyl (C=O) groups is 2. The van der Waals surface area contributed by atoms with Gasteiger partial charge in [-0.3, -0.25) is 4.79 Å². The van der Waals surface area contributed by atoms with E-state index in [1.54, 1.807) is 30.3 Å². The highest BCUT2D eigenvalue weighted by molar-refractivity contribution is 14.1. The van der Waals surface area contributed by atoms with Crippen LogP contribution in [-0.4, -0.2) is 30.3 Å². The van der Waals surface area contributed by atoms with E-state index >= 15 is 0 Å². The first-order valence-electron chi connectivity index (χ1n) is 9.74. The zero-order valence-corrected chi connectivity index (χ0v) is 19.7. The summed E-state index contributed by atoms with van der Waals surface area (Å²) in [5, 5.41) is 13.0. The van der Waals surface area contributed by atoms with Crippen LogP contribution in [0.4, 0.5) is 4.39 Å². The van der Waals surface area contributed by atoms with Crippen LogP contribution < -0.4 is 14.9 Å². The molecule has 3 aromatic rings. The number of benzene rings is 3. The quantitative estimate of drug-likeness (QED) is 0.229. The van der Waals surface area contributed by atoms with Gasteiger partial charge in [-0.2, -0.15) is 5.10 Å². The van der Waals surface area contributed by atoms with E-state index in [2.05, 4.69) is 33.1 Å². The van der Waals surface area contributed by atoms with Crippen molar-refractivity contribution in [1.82, 2.24) is 5.43 Å². The first kappa shape index (κ1) is 24.2. The summed E-state index contributed by atoms with van der Waals surface area (Å²) >= 11 is 2.11. The number of hydrazone groups is 1. The largest absolute Gasteiger partial charge is 0.493 e. The van der Waals surface area contributed by atoms with Crippen molar-refractivity contribution in [2.45, 2.75) is 13.0 Å². The summed E-state index contributed by atoms with van der Waals surface area (Å²) in [4.78, 5) is 23.0. The molecule has 1 amide bonds. The first-order chi connectivity index (χ1) is 15.9. The Morgan fingerprint density at radius 1 is 1.09 bits per heavy atom. The van der Waals surface area contributed by atoms with Crippen molar-refractivity contribution >= 4 is 40.7 Å². The summed E-state index contributed by atoms with van der Waals surface area (Å²) in [6, 6.07) is 15.7. The summed E-state index contributed by atoms with van der Waals surface area (Å²) in [7, 11) is 1.52. The normalized spacial score (nSPS) is 10.8. The van der Waals surface area contributed by atoms with Gasteiger partial charge in [0.15, 0.2) is 11.5 Å².